The molecule has 11 nitrogen and oxygen atoms in total. The Morgan fingerprint density at radius 2 is 1.81 bits per heavy atom. The van der Waals surface area contributed by atoms with Crippen molar-refractivity contribution in [3.05, 3.63) is 48.0 Å². The number of hydrogen-bond acceptors (Lipinski definition) is 9. The van der Waals surface area contributed by atoms with Crippen LogP contribution >= 0.6 is 0 Å². The first-order valence-corrected chi connectivity index (χ1v) is 16.2. The lowest BCUT2D eigenvalue weighted by Crippen LogP contribution is -2.59. The fourth-order valence-electron chi connectivity index (χ4n) is 6.61. The average Bonchev–Trinajstić information content (AvgIpc) is 3.41. The van der Waals surface area contributed by atoms with E-state index in [0.717, 1.165) is 40.9 Å². The number of rotatable bonds is 4. The van der Waals surface area contributed by atoms with Crippen LogP contribution in [0, 0.1) is 0 Å². The third-order valence-electron chi connectivity index (χ3n) is 9.05. The first-order valence-electron chi connectivity index (χ1n) is 14.7. The van der Waals surface area contributed by atoms with Crippen LogP contribution in [-0.2, 0) is 26.1 Å². The van der Waals surface area contributed by atoms with Gasteiger partial charge in [-0.2, -0.15) is 4.31 Å². The summed E-state index contributed by atoms with van der Waals surface area (Å²) in [5.74, 6) is 0.768. The number of carbonyl (C=O) groups is 1. The molecule has 12 heteroatoms. The van der Waals surface area contributed by atoms with E-state index in [4.69, 9.17) is 14.2 Å². The molecule has 2 aromatic rings. The van der Waals surface area contributed by atoms with E-state index in [-0.39, 0.29) is 36.1 Å². The molecule has 4 heterocycles. The first kappa shape index (κ1) is 29.2. The summed E-state index contributed by atoms with van der Waals surface area (Å²) in [6, 6.07) is 12.1. The molecule has 4 aliphatic rings. The molecule has 42 heavy (non-hydrogen) atoms. The highest BCUT2D eigenvalue weighted by Gasteiger charge is 2.47. The van der Waals surface area contributed by atoms with Crippen molar-refractivity contribution in [2.24, 2.45) is 0 Å². The number of hydrogen-bond donors (Lipinski definition) is 2. The van der Waals surface area contributed by atoms with Crippen LogP contribution in [0.2, 0.25) is 0 Å². The van der Waals surface area contributed by atoms with Crippen LogP contribution in [0.3, 0.4) is 0 Å². The number of ether oxygens (including phenoxy) is 3. The third-order valence-corrected chi connectivity index (χ3v) is 11.0. The predicted octanol–water partition coefficient (Wildman–Crippen LogP) is 1.59. The van der Waals surface area contributed by atoms with Crippen molar-refractivity contribution in [1.82, 2.24) is 14.5 Å². The Labute approximate surface area is 247 Å². The van der Waals surface area contributed by atoms with Gasteiger partial charge in [-0.1, -0.05) is 18.2 Å². The zero-order chi connectivity index (χ0) is 29.3. The molecular formula is C30H40N4O7S. The number of amides is 1. The molecule has 0 bridgehead atoms. The maximum Gasteiger partial charge on any atom is 0.247 e. The lowest BCUT2D eigenvalue weighted by atomic mass is 9.84. The predicted molar refractivity (Wildman–Crippen MR) is 156 cm³/mol. The maximum atomic E-state index is 14.0. The van der Waals surface area contributed by atoms with Gasteiger partial charge in [0.05, 0.1) is 33.0 Å². The van der Waals surface area contributed by atoms with E-state index >= 15 is 0 Å². The molecule has 4 aliphatic heterocycles. The van der Waals surface area contributed by atoms with Gasteiger partial charge >= 0.3 is 0 Å². The highest BCUT2D eigenvalue weighted by Crippen LogP contribution is 2.37. The minimum Gasteiger partial charge on any atom is -0.496 e. The quantitative estimate of drug-likeness (QED) is 0.539. The Balaban J connectivity index is 1.27. The number of methoxy groups -OCH3 is 1. The van der Waals surface area contributed by atoms with Crippen molar-refractivity contribution in [2.75, 3.05) is 64.6 Å². The molecular weight excluding hydrogens is 560 g/mol. The van der Waals surface area contributed by atoms with Crippen LogP contribution in [0.4, 0.5) is 5.69 Å². The number of para-hydroxylation sites is 1. The molecule has 3 saturated heterocycles. The van der Waals surface area contributed by atoms with E-state index in [1.807, 2.05) is 18.2 Å². The van der Waals surface area contributed by atoms with Gasteiger partial charge in [-0.05, 0) is 31.0 Å². The molecule has 3 fully saturated rings. The van der Waals surface area contributed by atoms with E-state index < -0.39 is 27.7 Å². The Bertz CT molecular complexity index is 1390. The van der Waals surface area contributed by atoms with Crippen molar-refractivity contribution < 1.29 is 32.5 Å². The number of morpholine rings is 1. The highest BCUT2D eigenvalue weighted by atomic mass is 32.2. The molecule has 1 spiro atoms. The Morgan fingerprint density at radius 1 is 1.05 bits per heavy atom. The summed E-state index contributed by atoms with van der Waals surface area (Å²) >= 11 is 0. The number of benzene rings is 2. The van der Waals surface area contributed by atoms with Gasteiger partial charge in [0.2, 0.25) is 15.9 Å². The van der Waals surface area contributed by atoms with Crippen LogP contribution in [0.5, 0.6) is 11.5 Å². The lowest BCUT2D eigenvalue weighted by molar-refractivity contribution is -0.127. The van der Waals surface area contributed by atoms with E-state index in [2.05, 4.69) is 21.2 Å². The summed E-state index contributed by atoms with van der Waals surface area (Å²) in [5, 5.41) is 13.8. The molecule has 0 aromatic heterocycles. The number of likely N-dealkylation sites (tertiary alicyclic amines) is 1. The van der Waals surface area contributed by atoms with Crippen molar-refractivity contribution >= 4 is 21.6 Å². The fourth-order valence-corrected chi connectivity index (χ4v) is 8.36. The van der Waals surface area contributed by atoms with Crippen LogP contribution < -0.4 is 19.7 Å². The Morgan fingerprint density at radius 3 is 2.57 bits per heavy atom. The topological polar surface area (TPSA) is 121 Å². The SMILES string of the molecule is COc1ccccc1CN1CCC2(CCOc3cc(N4CCOCC4)ccc3S(=O)(=O)N3C[C@H](O)C[C@H]3C(=O)N2)CC1. The van der Waals surface area contributed by atoms with Crippen LogP contribution in [0.1, 0.15) is 31.2 Å². The number of aliphatic hydroxyl groups is 1. The molecule has 6 rings (SSSR count). The van der Waals surface area contributed by atoms with Gasteiger partial charge in [-0.15, -0.1) is 0 Å². The largest absolute Gasteiger partial charge is 0.496 e. The van der Waals surface area contributed by atoms with Crippen molar-refractivity contribution in [3.63, 3.8) is 0 Å². The van der Waals surface area contributed by atoms with Crippen LogP contribution in [-0.4, -0.2) is 106 Å². The zero-order valence-corrected chi connectivity index (χ0v) is 24.9. The number of nitrogens with zero attached hydrogens (tertiary/aromatic N) is 3. The standard InChI is InChI=1S/C30H40N4O7S/c1-39-26-5-3-2-4-22(26)20-32-11-8-30(9-12-32)10-15-41-27-18-23(33-13-16-40-17-14-33)6-7-28(27)42(37,38)34-21-24(35)19-25(34)29(36)31-30/h2-7,18,24-25,35H,8-17,19-21H2,1H3,(H,31,36)/t24-,25+/m1/s1. The van der Waals surface area contributed by atoms with Crippen molar-refractivity contribution in [3.8, 4) is 11.5 Å². The van der Waals surface area contributed by atoms with Gasteiger partial charge in [0, 0.05) is 75.0 Å². The molecule has 1 amide bonds. The maximum absolute atomic E-state index is 14.0. The lowest BCUT2D eigenvalue weighted by Gasteiger charge is -2.43. The average molecular weight is 601 g/mol. The number of anilines is 1. The third kappa shape index (κ3) is 5.83. The van der Waals surface area contributed by atoms with E-state index in [1.165, 1.54) is 0 Å². The fraction of sp³-hybridized carbons (Fsp3) is 0.567. The van der Waals surface area contributed by atoms with Gasteiger partial charge in [0.15, 0.2) is 0 Å². The number of fused-ring (bicyclic) bond motifs is 2. The van der Waals surface area contributed by atoms with E-state index in [0.29, 0.717) is 45.6 Å². The Kier molecular flexibility index (Phi) is 8.34. The summed E-state index contributed by atoms with van der Waals surface area (Å²) in [4.78, 5) is 18.3. The monoisotopic (exact) mass is 600 g/mol. The number of sulfonamides is 1. The van der Waals surface area contributed by atoms with Gasteiger partial charge in [0.25, 0.3) is 0 Å². The van der Waals surface area contributed by atoms with Crippen LogP contribution in [0.15, 0.2) is 47.4 Å². The normalized spacial score (nSPS) is 26.4. The molecule has 2 aromatic carbocycles. The summed E-state index contributed by atoms with van der Waals surface area (Å²) in [5.41, 5.74) is 1.43. The number of piperidine rings is 1. The second-order valence-corrected chi connectivity index (χ2v) is 13.5. The first-order chi connectivity index (χ1) is 20.3. The molecule has 2 atom stereocenters. The molecule has 0 unspecified atom stereocenters. The minimum absolute atomic E-state index is 0.0222. The number of aliphatic hydroxyl groups excluding tert-OH is 1. The molecule has 228 valence electrons. The minimum atomic E-state index is -4.12. The van der Waals surface area contributed by atoms with Gasteiger partial charge in [-0.25, -0.2) is 8.42 Å². The van der Waals surface area contributed by atoms with E-state index in [9.17, 15) is 18.3 Å². The Hall–Kier alpha value is -2.90. The molecule has 0 radical (unpaired) electrons. The van der Waals surface area contributed by atoms with E-state index in [1.54, 1.807) is 25.3 Å². The van der Waals surface area contributed by atoms with Gasteiger partial charge in [-0.3, -0.25) is 9.69 Å². The molecule has 2 N–H and O–H groups in total. The van der Waals surface area contributed by atoms with Crippen LogP contribution in [0.25, 0.3) is 0 Å². The summed E-state index contributed by atoms with van der Waals surface area (Å²) < 4.78 is 46.4. The van der Waals surface area contributed by atoms with Gasteiger partial charge in [0.1, 0.15) is 22.4 Å². The van der Waals surface area contributed by atoms with Crippen molar-refractivity contribution in [1.29, 1.82) is 0 Å². The van der Waals surface area contributed by atoms with Crippen molar-refractivity contribution in [2.45, 2.75) is 54.8 Å². The second-order valence-electron chi connectivity index (χ2n) is 11.7. The second kappa shape index (κ2) is 12.0. The summed E-state index contributed by atoms with van der Waals surface area (Å²) in [6.07, 6.45) is 1.06. The molecule has 0 aliphatic carbocycles. The smallest absolute Gasteiger partial charge is 0.247 e. The summed E-state index contributed by atoms with van der Waals surface area (Å²) in [7, 11) is -2.44. The zero-order valence-electron chi connectivity index (χ0n) is 24.0. The number of nitrogens with one attached hydrogen (secondary N) is 1. The highest BCUT2D eigenvalue weighted by molar-refractivity contribution is 7.89. The summed E-state index contributed by atoms with van der Waals surface area (Å²) in [6.45, 7) is 5.00. The molecule has 0 saturated carbocycles. The number of carbonyl (C=O) groups excluding carboxylic acids is 1. The van der Waals surface area contributed by atoms with Gasteiger partial charge < -0.3 is 29.5 Å².